The fraction of sp³-hybridized carbons (Fsp3) is 0.286. The Hall–Kier alpha value is -0.540. The fourth-order valence-corrected chi connectivity index (χ4v) is 3.36. The number of thiophene rings is 1. The number of hydrogen-bond donors (Lipinski definition) is 1. The van der Waals surface area contributed by atoms with Crippen LogP contribution in [-0.4, -0.2) is 6.54 Å². The van der Waals surface area contributed by atoms with Gasteiger partial charge in [0.25, 0.3) is 0 Å². The maximum Gasteiger partial charge on any atom is 0.0700 e. The lowest BCUT2D eigenvalue weighted by molar-refractivity contribution is 0.606. The van der Waals surface area contributed by atoms with E-state index in [2.05, 4.69) is 12.2 Å². The first-order chi connectivity index (χ1) is 8.74. The monoisotopic (exact) mass is 299 g/mol. The highest BCUT2D eigenvalue weighted by molar-refractivity contribution is 7.10. The molecular formula is C14H15Cl2NS. The molecule has 1 unspecified atom stereocenters. The van der Waals surface area contributed by atoms with E-state index in [1.54, 1.807) is 11.3 Å². The second-order valence-electron chi connectivity index (χ2n) is 4.04. The molecule has 1 N–H and O–H groups in total. The first-order valence-electron chi connectivity index (χ1n) is 5.94. The van der Waals surface area contributed by atoms with Gasteiger partial charge in [0.15, 0.2) is 0 Å². The van der Waals surface area contributed by atoms with Gasteiger partial charge in [-0.05, 0) is 36.0 Å². The van der Waals surface area contributed by atoms with E-state index in [1.165, 1.54) is 0 Å². The molecule has 2 aromatic rings. The van der Waals surface area contributed by atoms with Crippen LogP contribution < -0.4 is 5.32 Å². The summed E-state index contributed by atoms with van der Waals surface area (Å²) in [7, 11) is 0. The Morgan fingerprint density at radius 3 is 2.56 bits per heavy atom. The zero-order valence-corrected chi connectivity index (χ0v) is 12.4. The van der Waals surface area contributed by atoms with Crippen molar-refractivity contribution in [1.82, 2.24) is 5.32 Å². The van der Waals surface area contributed by atoms with Crippen LogP contribution in [0.4, 0.5) is 0 Å². The Balaban J connectivity index is 2.37. The van der Waals surface area contributed by atoms with Crippen LogP contribution >= 0.6 is 34.5 Å². The summed E-state index contributed by atoms with van der Waals surface area (Å²) in [4.78, 5) is 1.12. The maximum atomic E-state index is 6.29. The predicted octanol–water partition coefficient (Wildman–Crippen LogP) is 5.14. The van der Waals surface area contributed by atoms with Crippen LogP contribution in [-0.2, 0) is 0 Å². The third-order valence-corrected chi connectivity index (χ3v) is 4.49. The van der Waals surface area contributed by atoms with Gasteiger partial charge >= 0.3 is 0 Å². The van der Waals surface area contributed by atoms with E-state index in [-0.39, 0.29) is 6.04 Å². The first-order valence-corrected chi connectivity index (χ1v) is 7.58. The van der Waals surface area contributed by atoms with Crippen molar-refractivity contribution < 1.29 is 0 Å². The molecule has 4 heteroatoms. The minimum absolute atomic E-state index is 0.0751. The van der Waals surface area contributed by atoms with Gasteiger partial charge < -0.3 is 5.32 Å². The van der Waals surface area contributed by atoms with Crippen LogP contribution in [0.3, 0.4) is 0 Å². The normalized spacial score (nSPS) is 12.6. The van der Waals surface area contributed by atoms with Gasteiger partial charge in [0.1, 0.15) is 0 Å². The van der Waals surface area contributed by atoms with Gasteiger partial charge in [0.05, 0.1) is 11.1 Å². The zero-order chi connectivity index (χ0) is 13.0. The molecule has 0 amide bonds. The molecule has 1 aromatic heterocycles. The number of nitrogens with one attached hydrogen (secondary N) is 1. The molecule has 0 saturated carbocycles. The SMILES string of the molecule is CCCNC(c1ccccc1Cl)c1sccc1Cl. The van der Waals surface area contributed by atoms with Crippen molar-refractivity contribution in [3.63, 3.8) is 0 Å². The topological polar surface area (TPSA) is 12.0 Å². The van der Waals surface area contributed by atoms with Gasteiger partial charge in [-0.2, -0.15) is 0 Å². The molecule has 0 bridgehead atoms. The van der Waals surface area contributed by atoms with Crippen molar-refractivity contribution >= 4 is 34.5 Å². The molecule has 0 aliphatic rings. The molecule has 0 aliphatic heterocycles. The summed E-state index contributed by atoms with van der Waals surface area (Å²) in [5.41, 5.74) is 1.08. The van der Waals surface area contributed by atoms with Crippen LogP contribution in [0, 0.1) is 0 Å². The second-order valence-corrected chi connectivity index (χ2v) is 5.80. The Morgan fingerprint density at radius 1 is 1.17 bits per heavy atom. The highest BCUT2D eigenvalue weighted by Gasteiger charge is 2.19. The van der Waals surface area contributed by atoms with Gasteiger partial charge in [0, 0.05) is 9.90 Å². The third-order valence-electron chi connectivity index (χ3n) is 2.72. The molecular weight excluding hydrogens is 285 g/mol. The number of benzene rings is 1. The molecule has 96 valence electrons. The molecule has 2 rings (SSSR count). The van der Waals surface area contributed by atoms with Gasteiger partial charge in [-0.3, -0.25) is 0 Å². The number of hydrogen-bond acceptors (Lipinski definition) is 2. The van der Waals surface area contributed by atoms with Crippen LogP contribution in [0.2, 0.25) is 10.0 Å². The van der Waals surface area contributed by atoms with Gasteiger partial charge in [0.2, 0.25) is 0 Å². The highest BCUT2D eigenvalue weighted by Crippen LogP contribution is 2.35. The van der Waals surface area contributed by atoms with Crippen molar-refractivity contribution in [2.45, 2.75) is 19.4 Å². The van der Waals surface area contributed by atoms with E-state index in [1.807, 2.05) is 35.7 Å². The largest absolute Gasteiger partial charge is 0.306 e. The average Bonchev–Trinajstić information content (AvgIpc) is 2.78. The van der Waals surface area contributed by atoms with E-state index in [9.17, 15) is 0 Å². The molecule has 18 heavy (non-hydrogen) atoms. The lowest BCUT2D eigenvalue weighted by atomic mass is 10.1. The predicted molar refractivity (Wildman–Crippen MR) is 80.9 cm³/mol. The third kappa shape index (κ3) is 3.07. The van der Waals surface area contributed by atoms with E-state index in [4.69, 9.17) is 23.2 Å². The summed E-state index contributed by atoms with van der Waals surface area (Å²) in [6, 6.07) is 9.91. The quantitative estimate of drug-likeness (QED) is 0.805. The molecule has 1 atom stereocenters. The Bertz CT molecular complexity index is 510. The van der Waals surface area contributed by atoms with Crippen molar-refractivity contribution in [2.24, 2.45) is 0 Å². The molecule has 0 aliphatic carbocycles. The van der Waals surface area contributed by atoms with Crippen LogP contribution in [0.15, 0.2) is 35.7 Å². The summed E-state index contributed by atoms with van der Waals surface area (Å²) in [6.45, 7) is 3.08. The van der Waals surface area contributed by atoms with Crippen LogP contribution in [0.5, 0.6) is 0 Å². The Morgan fingerprint density at radius 2 is 1.94 bits per heavy atom. The standard InChI is InChI=1S/C14H15Cl2NS/c1-2-8-17-13(14-12(16)7-9-18-14)10-5-3-4-6-11(10)15/h3-7,9,13,17H,2,8H2,1H3. The van der Waals surface area contributed by atoms with E-state index < -0.39 is 0 Å². The molecule has 1 aromatic carbocycles. The lowest BCUT2D eigenvalue weighted by Crippen LogP contribution is -2.22. The summed E-state index contributed by atoms with van der Waals surface area (Å²) >= 11 is 14.2. The Kier molecular flexibility index (Phi) is 5.07. The molecule has 1 heterocycles. The minimum Gasteiger partial charge on any atom is -0.306 e. The summed E-state index contributed by atoms with van der Waals surface area (Å²) in [6.07, 6.45) is 1.07. The van der Waals surface area contributed by atoms with E-state index in [0.717, 1.165) is 33.5 Å². The second kappa shape index (κ2) is 6.58. The van der Waals surface area contributed by atoms with Gasteiger partial charge in [-0.15, -0.1) is 11.3 Å². The molecule has 0 saturated heterocycles. The van der Waals surface area contributed by atoms with Crippen molar-refractivity contribution in [2.75, 3.05) is 6.54 Å². The zero-order valence-electron chi connectivity index (χ0n) is 10.1. The van der Waals surface area contributed by atoms with Crippen LogP contribution in [0.25, 0.3) is 0 Å². The van der Waals surface area contributed by atoms with Crippen molar-refractivity contribution in [1.29, 1.82) is 0 Å². The summed E-state index contributed by atoms with van der Waals surface area (Å²) in [5, 5.41) is 7.09. The first kappa shape index (κ1) is 13.9. The molecule has 0 radical (unpaired) electrons. The van der Waals surface area contributed by atoms with Crippen LogP contribution in [0.1, 0.15) is 29.8 Å². The molecule has 1 nitrogen and oxygen atoms in total. The maximum absolute atomic E-state index is 6.29. The highest BCUT2D eigenvalue weighted by atomic mass is 35.5. The van der Waals surface area contributed by atoms with Crippen molar-refractivity contribution in [3.05, 3.63) is 56.2 Å². The van der Waals surface area contributed by atoms with E-state index in [0.29, 0.717) is 0 Å². The number of halogens is 2. The average molecular weight is 300 g/mol. The van der Waals surface area contributed by atoms with E-state index >= 15 is 0 Å². The number of rotatable bonds is 5. The molecule has 0 fully saturated rings. The van der Waals surface area contributed by atoms with Gasteiger partial charge in [-0.1, -0.05) is 48.3 Å². The minimum atomic E-state index is 0.0751. The fourth-order valence-electron chi connectivity index (χ4n) is 1.85. The summed E-state index contributed by atoms with van der Waals surface area (Å²) < 4.78 is 0. The summed E-state index contributed by atoms with van der Waals surface area (Å²) in [5.74, 6) is 0. The smallest absolute Gasteiger partial charge is 0.0700 e. The molecule has 0 spiro atoms. The Labute approximate surface area is 122 Å². The van der Waals surface area contributed by atoms with Crippen molar-refractivity contribution in [3.8, 4) is 0 Å². The lowest BCUT2D eigenvalue weighted by Gasteiger charge is -2.19. The van der Waals surface area contributed by atoms with Gasteiger partial charge in [-0.25, -0.2) is 0 Å².